The first-order chi connectivity index (χ1) is 9.38. The number of benzene rings is 1. The maximum atomic E-state index is 13.2. The normalized spacial score (nSPS) is 23.8. The molecule has 1 aliphatic carbocycles. The Balaban J connectivity index is 2.02. The van der Waals surface area contributed by atoms with Crippen molar-refractivity contribution < 1.29 is 12.8 Å². The van der Waals surface area contributed by atoms with Crippen LogP contribution in [-0.2, 0) is 10.0 Å². The molecule has 0 atom stereocenters. The van der Waals surface area contributed by atoms with Crippen LogP contribution in [0.15, 0.2) is 23.1 Å². The topological polar surface area (TPSA) is 72.2 Å². The molecule has 0 amide bonds. The van der Waals surface area contributed by atoms with Crippen LogP contribution in [0.2, 0.25) is 0 Å². The summed E-state index contributed by atoms with van der Waals surface area (Å²) < 4.78 is 40.2. The minimum Gasteiger partial charge on any atom is -0.328 e. The molecule has 3 N–H and O–H groups in total. The summed E-state index contributed by atoms with van der Waals surface area (Å²) in [5.74, 6) is -0.224. The minimum absolute atomic E-state index is 0.0185. The first-order valence-corrected chi connectivity index (χ1v) is 8.38. The molecule has 0 heterocycles. The van der Waals surface area contributed by atoms with Crippen LogP contribution in [0.25, 0.3) is 0 Å². The fraction of sp³-hybridized carbons (Fsp3) is 0.571. The Morgan fingerprint density at radius 1 is 1.30 bits per heavy atom. The van der Waals surface area contributed by atoms with Crippen LogP contribution in [0.5, 0.6) is 0 Å². The van der Waals surface area contributed by atoms with Gasteiger partial charge < -0.3 is 5.73 Å². The van der Waals surface area contributed by atoms with E-state index in [4.69, 9.17) is 5.73 Å². The van der Waals surface area contributed by atoms with Gasteiger partial charge in [-0.05, 0) is 56.2 Å². The van der Waals surface area contributed by atoms with Gasteiger partial charge in [-0.15, -0.1) is 0 Å². The van der Waals surface area contributed by atoms with Crippen LogP contribution in [0, 0.1) is 18.7 Å². The fourth-order valence-electron chi connectivity index (χ4n) is 2.56. The Morgan fingerprint density at radius 2 is 1.95 bits per heavy atom. The van der Waals surface area contributed by atoms with E-state index in [1.807, 2.05) is 0 Å². The lowest BCUT2D eigenvalue weighted by Gasteiger charge is -2.26. The molecule has 4 nitrogen and oxygen atoms in total. The van der Waals surface area contributed by atoms with E-state index >= 15 is 0 Å². The third-order valence-corrected chi connectivity index (χ3v) is 5.46. The van der Waals surface area contributed by atoms with E-state index in [2.05, 4.69) is 4.72 Å². The maximum absolute atomic E-state index is 13.2. The van der Waals surface area contributed by atoms with Gasteiger partial charge in [0.25, 0.3) is 0 Å². The van der Waals surface area contributed by atoms with Gasteiger partial charge in [-0.2, -0.15) is 0 Å². The van der Waals surface area contributed by atoms with Gasteiger partial charge in [0, 0.05) is 12.6 Å². The van der Waals surface area contributed by atoms with Crippen LogP contribution in [0.3, 0.4) is 0 Å². The standard InChI is InChI=1S/C14H21FN2O2S/c1-10-2-5-12(15)8-14(10)20(18,19)17-9-11-3-6-13(16)7-4-11/h2,5,8,11,13,17H,3-4,6-7,9,16H2,1H3. The smallest absolute Gasteiger partial charge is 0.240 e. The molecule has 0 aromatic heterocycles. The maximum Gasteiger partial charge on any atom is 0.240 e. The first-order valence-electron chi connectivity index (χ1n) is 6.90. The zero-order valence-electron chi connectivity index (χ0n) is 11.6. The number of nitrogens with one attached hydrogen (secondary N) is 1. The number of nitrogens with two attached hydrogens (primary N) is 1. The zero-order valence-corrected chi connectivity index (χ0v) is 12.4. The second kappa shape index (κ2) is 6.20. The number of hydrogen-bond acceptors (Lipinski definition) is 3. The zero-order chi connectivity index (χ0) is 14.8. The molecule has 1 aliphatic rings. The van der Waals surface area contributed by atoms with Crippen molar-refractivity contribution in [1.82, 2.24) is 4.72 Å². The van der Waals surface area contributed by atoms with Crippen molar-refractivity contribution >= 4 is 10.0 Å². The summed E-state index contributed by atoms with van der Waals surface area (Å²) in [6.07, 6.45) is 3.74. The summed E-state index contributed by atoms with van der Waals surface area (Å²) in [6, 6.07) is 4.04. The summed E-state index contributed by atoms with van der Waals surface area (Å²) >= 11 is 0. The average molecular weight is 300 g/mol. The molecule has 1 aromatic carbocycles. The van der Waals surface area contributed by atoms with Gasteiger partial charge in [0.1, 0.15) is 5.82 Å². The van der Waals surface area contributed by atoms with Crippen molar-refractivity contribution in [2.45, 2.75) is 43.5 Å². The molecule has 112 valence electrons. The Labute approximate surface area is 119 Å². The monoisotopic (exact) mass is 300 g/mol. The van der Waals surface area contributed by atoms with E-state index in [1.165, 1.54) is 12.1 Å². The number of halogens is 1. The number of rotatable bonds is 4. The van der Waals surface area contributed by atoms with Gasteiger partial charge in [0.15, 0.2) is 0 Å². The van der Waals surface area contributed by atoms with Crippen LogP contribution < -0.4 is 10.5 Å². The molecule has 0 bridgehead atoms. The van der Waals surface area contributed by atoms with Crippen molar-refractivity contribution in [1.29, 1.82) is 0 Å². The van der Waals surface area contributed by atoms with Crippen molar-refractivity contribution in [3.8, 4) is 0 Å². The predicted molar refractivity (Wildman–Crippen MR) is 76.3 cm³/mol. The van der Waals surface area contributed by atoms with Gasteiger partial charge >= 0.3 is 0 Å². The average Bonchev–Trinajstić information content (AvgIpc) is 2.41. The Hall–Kier alpha value is -0.980. The molecule has 0 radical (unpaired) electrons. The summed E-state index contributed by atoms with van der Waals surface area (Å²) in [5.41, 5.74) is 6.37. The highest BCUT2D eigenvalue weighted by molar-refractivity contribution is 7.89. The van der Waals surface area contributed by atoms with Crippen molar-refractivity contribution in [2.24, 2.45) is 11.7 Å². The molecule has 1 aromatic rings. The van der Waals surface area contributed by atoms with Crippen molar-refractivity contribution in [3.63, 3.8) is 0 Å². The molecule has 0 aliphatic heterocycles. The molecule has 20 heavy (non-hydrogen) atoms. The third kappa shape index (κ3) is 3.77. The van der Waals surface area contributed by atoms with Gasteiger partial charge in [0.05, 0.1) is 4.90 Å². The van der Waals surface area contributed by atoms with Crippen LogP contribution in [0.1, 0.15) is 31.2 Å². The Kier molecular flexibility index (Phi) is 4.78. The van der Waals surface area contributed by atoms with E-state index in [1.54, 1.807) is 6.92 Å². The molecular formula is C14H21FN2O2S. The second-order valence-corrected chi connectivity index (χ2v) is 7.28. The SMILES string of the molecule is Cc1ccc(F)cc1S(=O)(=O)NCC1CCC(N)CC1. The predicted octanol–water partition coefficient (Wildman–Crippen LogP) is 1.93. The Bertz CT molecular complexity index is 567. The molecule has 2 rings (SSSR count). The van der Waals surface area contributed by atoms with E-state index in [9.17, 15) is 12.8 Å². The summed E-state index contributed by atoms with van der Waals surface area (Å²) in [6.45, 7) is 2.05. The van der Waals surface area contributed by atoms with Gasteiger partial charge in [-0.1, -0.05) is 6.07 Å². The van der Waals surface area contributed by atoms with Crippen LogP contribution >= 0.6 is 0 Å². The summed E-state index contributed by atoms with van der Waals surface area (Å²) in [7, 11) is -3.65. The molecule has 6 heteroatoms. The van der Waals surface area contributed by atoms with E-state index < -0.39 is 15.8 Å². The molecule has 0 unspecified atom stereocenters. The number of hydrogen-bond donors (Lipinski definition) is 2. The fourth-order valence-corrected chi connectivity index (χ4v) is 3.93. The summed E-state index contributed by atoms with van der Waals surface area (Å²) in [5, 5.41) is 0. The molecule has 0 saturated heterocycles. The Morgan fingerprint density at radius 3 is 2.60 bits per heavy atom. The molecular weight excluding hydrogens is 279 g/mol. The largest absolute Gasteiger partial charge is 0.328 e. The molecule has 0 spiro atoms. The second-order valence-electron chi connectivity index (χ2n) is 5.54. The van der Waals surface area contributed by atoms with Gasteiger partial charge in [0.2, 0.25) is 10.0 Å². The first kappa shape index (κ1) is 15.4. The molecule has 1 fully saturated rings. The minimum atomic E-state index is -3.65. The lowest BCUT2D eigenvalue weighted by atomic mass is 9.87. The third-order valence-electron chi connectivity index (χ3n) is 3.89. The lowest BCUT2D eigenvalue weighted by Crippen LogP contribution is -2.34. The number of aryl methyl sites for hydroxylation is 1. The van der Waals surface area contributed by atoms with Crippen molar-refractivity contribution in [3.05, 3.63) is 29.6 Å². The lowest BCUT2D eigenvalue weighted by molar-refractivity contribution is 0.326. The molecule has 1 saturated carbocycles. The van der Waals surface area contributed by atoms with Gasteiger partial charge in [-0.25, -0.2) is 17.5 Å². The van der Waals surface area contributed by atoms with Crippen molar-refractivity contribution in [2.75, 3.05) is 6.54 Å². The number of sulfonamides is 1. The van der Waals surface area contributed by atoms with E-state index in [-0.39, 0.29) is 10.9 Å². The van der Waals surface area contributed by atoms with Crippen LogP contribution in [0.4, 0.5) is 4.39 Å². The van der Waals surface area contributed by atoms with E-state index in [0.29, 0.717) is 18.0 Å². The quantitative estimate of drug-likeness (QED) is 0.892. The van der Waals surface area contributed by atoms with E-state index in [0.717, 1.165) is 31.7 Å². The highest BCUT2D eigenvalue weighted by Crippen LogP contribution is 2.23. The highest BCUT2D eigenvalue weighted by Gasteiger charge is 2.22. The highest BCUT2D eigenvalue weighted by atomic mass is 32.2. The summed E-state index contributed by atoms with van der Waals surface area (Å²) in [4.78, 5) is 0.0185. The van der Waals surface area contributed by atoms with Gasteiger partial charge in [-0.3, -0.25) is 0 Å². The van der Waals surface area contributed by atoms with Crippen LogP contribution in [-0.4, -0.2) is 21.0 Å².